The van der Waals surface area contributed by atoms with Gasteiger partial charge in [-0.1, -0.05) is 36.4 Å². The number of hydrogen-bond donors (Lipinski definition) is 0. The molecule has 178 valence electrons. The number of aromatic nitrogens is 3. The average molecular weight is 473 g/mol. The molecule has 0 N–H and O–H groups in total. The lowest BCUT2D eigenvalue weighted by molar-refractivity contribution is 0.674. The van der Waals surface area contributed by atoms with Crippen LogP contribution in [-0.2, 0) is 0 Å². The summed E-state index contributed by atoms with van der Waals surface area (Å²) < 4.78 is 4.30. The van der Waals surface area contributed by atoms with Crippen LogP contribution in [-0.4, -0.2) is 42.3 Å². The summed E-state index contributed by atoms with van der Waals surface area (Å²) in [7, 11) is 8.18. The molecule has 2 heterocycles. The van der Waals surface area contributed by atoms with E-state index in [0.717, 1.165) is 56.1 Å². The first kappa shape index (κ1) is 21.9. The second-order valence-electron chi connectivity index (χ2n) is 9.35. The monoisotopic (exact) mass is 472 g/mol. The Morgan fingerprint density at radius 3 is 1.86 bits per heavy atom. The van der Waals surface area contributed by atoms with Crippen LogP contribution in [0.25, 0.3) is 33.4 Å². The fraction of sp³-hybridized carbons (Fsp3) is 0.133. The first-order valence-corrected chi connectivity index (χ1v) is 12.0. The Labute approximate surface area is 210 Å². The fourth-order valence-corrected chi connectivity index (χ4v) is 4.62. The Morgan fingerprint density at radius 1 is 0.611 bits per heavy atom. The normalized spacial score (nSPS) is 12.1. The Balaban J connectivity index is 1.70. The van der Waals surface area contributed by atoms with Gasteiger partial charge in [-0.3, -0.25) is 0 Å². The fourth-order valence-electron chi connectivity index (χ4n) is 4.62. The minimum atomic E-state index is 0.823. The second-order valence-corrected chi connectivity index (χ2v) is 9.35. The molecule has 0 atom stereocenters. The van der Waals surface area contributed by atoms with Gasteiger partial charge >= 0.3 is 0 Å². The minimum absolute atomic E-state index is 0.823. The smallest absolute Gasteiger partial charge is 0.225 e. The van der Waals surface area contributed by atoms with Gasteiger partial charge in [0.05, 0.1) is 22.4 Å². The molecule has 2 aliphatic rings. The van der Waals surface area contributed by atoms with Crippen LogP contribution in [0.3, 0.4) is 0 Å². The molecule has 0 saturated carbocycles. The average Bonchev–Trinajstić information content (AvgIpc) is 3.01. The van der Waals surface area contributed by atoms with Crippen LogP contribution in [0.1, 0.15) is 0 Å². The van der Waals surface area contributed by atoms with E-state index in [1.807, 2.05) is 34.3 Å². The van der Waals surface area contributed by atoms with Crippen molar-refractivity contribution in [2.75, 3.05) is 38.0 Å². The zero-order valence-corrected chi connectivity index (χ0v) is 20.9. The highest BCUT2D eigenvalue weighted by Crippen LogP contribution is 2.28. The summed E-state index contributed by atoms with van der Waals surface area (Å²) >= 11 is 0. The third-order valence-corrected chi connectivity index (χ3v) is 6.58. The lowest BCUT2D eigenvalue weighted by Gasteiger charge is -2.24. The molecule has 6 heteroatoms. The van der Waals surface area contributed by atoms with E-state index in [0.29, 0.717) is 0 Å². The van der Waals surface area contributed by atoms with Gasteiger partial charge in [-0.15, -0.1) is 0 Å². The van der Waals surface area contributed by atoms with Crippen molar-refractivity contribution in [1.82, 2.24) is 14.1 Å². The van der Waals surface area contributed by atoms with E-state index < -0.39 is 0 Å². The maximum atomic E-state index is 5.14. The van der Waals surface area contributed by atoms with Gasteiger partial charge in [-0.05, 0) is 60.7 Å². The SMILES string of the molecule is CN(C)c1ccc(N=c2n(-c3ccc(N(C)C)cc3)c3nc4ccccc4c4ccccc4n2-3)cc1. The molecule has 6 nitrogen and oxygen atoms in total. The number of fused-ring (bicyclic) bond motifs is 5. The van der Waals surface area contributed by atoms with Crippen LogP contribution in [0.5, 0.6) is 0 Å². The van der Waals surface area contributed by atoms with Gasteiger partial charge in [0.2, 0.25) is 11.6 Å². The Hall–Kier alpha value is -4.58. The van der Waals surface area contributed by atoms with E-state index in [9.17, 15) is 0 Å². The molecule has 0 aliphatic carbocycles. The third-order valence-electron chi connectivity index (χ3n) is 6.58. The number of benzene rings is 4. The van der Waals surface area contributed by atoms with Crippen LogP contribution in [0.15, 0.2) is 102 Å². The van der Waals surface area contributed by atoms with E-state index in [1.165, 1.54) is 0 Å². The van der Waals surface area contributed by atoms with E-state index in [2.05, 4.69) is 110 Å². The summed E-state index contributed by atoms with van der Waals surface area (Å²) in [5, 5.41) is 2.26. The molecule has 4 aromatic carbocycles. The molecule has 0 radical (unpaired) electrons. The lowest BCUT2D eigenvalue weighted by Crippen LogP contribution is -2.41. The highest BCUT2D eigenvalue weighted by molar-refractivity contribution is 6.04. The topological polar surface area (TPSA) is 41.6 Å². The van der Waals surface area contributed by atoms with E-state index in [1.54, 1.807) is 0 Å². The molecule has 0 aromatic heterocycles. The zero-order valence-electron chi connectivity index (χ0n) is 20.9. The Kier molecular flexibility index (Phi) is 5.22. The van der Waals surface area contributed by atoms with Gasteiger partial charge in [-0.2, -0.15) is 0 Å². The highest BCUT2D eigenvalue weighted by atomic mass is 15.4. The summed E-state index contributed by atoms with van der Waals surface area (Å²) in [5.41, 5.74) is 7.05. The predicted octanol–water partition coefficient (Wildman–Crippen LogP) is 5.77. The molecule has 0 amide bonds. The number of nitrogens with zero attached hydrogens (tertiary/aromatic N) is 6. The van der Waals surface area contributed by atoms with Crippen molar-refractivity contribution in [3.63, 3.8) is 0 Å². The molecule has 0 spiro atoms. The molecule has 6 rings (SSSR count). The van der Waals surface area contributed by atoms with Crippen LogP contribution >= 0.6 is 0 Å². The van der Waals surface area contributed by atoms with Crippen molar-refractivity contribution >= 4 is 38.9 Å². The molecule has 4 aromatic rings. The zero-order chi connectivity index (χ0) is 24.8. The third kappa shape index (κ3) is 3.58. The number of para-hydroxylation sites is 2. The van der Waals surface area contributed by atoms with E-state index in [-0.39, 0.29) is 0 Å². The summed E-state index contributed by atoms with van der Waals surface area (Å²) in [6, 6.07) is 33.6. The number of hydrogen-bond acceptors (Lipinski definition) is 4. The van der Waals surface area contributed by atoms with Crippen LogP contribution < -0.4 is 15.4 Å². The van der Waals surface area contributed by atoms with Crippen molar-refractivity contribution in [3.05, 3.63) is 103 Å². The maximum Gasteiger partial charge on any atom is 0.225 e. The van der Waals surface area contributed by atoms with Gasteiger partial charge < -0.3 is 9.80 Å². The summed E-state index contributed by atoms with van der Waals surface area (Å²) in [6.45, 7) is 0. The van der Waals surface area contributed by atoms with Crippen molar-refractivity contribution < 1.29 is 0 Å². The number of rotatable bonds is 4. The van der Waals surface area contributed by atoms with Gasteiger partial charge in [0.15, 0.2) is 0 Å². The maximum absolute atomic E-state index is 5.14. The molecular formula is C30H28N6. The van der Waals surface area contributed by atoms with Crippen molar-refractivity contribution in [1.29, 1.82) is 0 Å². The van der Waals surface area contributed by atoms with Crippen molar-refractivity contribution in [3.8, 4) is 11.6 Å². The highest BCUT2D eigenvalue weighted by Gasteiger charge is 2.22. The summed E-state index contributed by atoms with van der Waals surface area (Å²) in [6.07, 6.45) is 0. The predicted molar refractivity (Wildman–Crippen MR) is 149 cm³/mol. The largest absolute Gasteiger partial charge is 0.378 e. The van der Waals surface area contributed by atoms with Gasteiger partial charge in [0, 0.05) is 50.3 Å². The van der Waals surface area contributed by atoms with Crippen LogP contribution in [0, 0.1) is 0 Å². The van der Waals surface area contributed by atoms with E-state index >= 15 is 0 Å². The quantitative estimate of drug-likeness (QED) is 0.327. The van der Waals surface area contributed by atoms with Crippen molar-refractivity contribution in [2.45, 2.75) is 0 Å². The summed E-state index contributed by atoms with van der Waals surface area (Å²) in [5.74, 6) is 0.841. The molecule has 0 bridgehead atoms. The van der Waals surface area contributed by atoms with Crippen LogP contribution in [0.4, 0.5) is 17.1 Å². The molecule has 0 unspecified atom stereocenters. The Bertz CT molecular complexity index is 1720. The minimum Gasteiger partial charge on any atom is -0.378 e. The van der Waals surface area contributed by atoms with Gasteiger partial charge in [-0.25, -0.2) is 19.1 Å². The first-order chi connectivity index (χ1) is 17.5. The summed E-state index contributed by atoms with van der Waals surface area (Å²) in [4.78, 5) is 14.5. The number of anilines is 2. The van der Waals surface area contributed by atoms with Crippen LogP contribution in [0.2, 0.25) is 0 Å². The van der Waals surface area contributed by atoms with Crippen molar-refractivity contribution in [2.24, 2.45) is 4.99 Å². The Morgan fingerprint density at radius 2 is 1.19 bits per heavy atom. The standard InChI is InChI=1S/C30H28N6/c1-33(2)22-15-13-21(14-16-22)31-29-35(24-19-17-23(18-20-24)34(3)4)30-32-27-11-7-5-9-25(27)26-10-6-8-12-28(26)36(29)30/h5-20H,1-4H3. The molecule has 0 fully saturated rings. The molecule has 36 heavy (non-hydrogen) atoms. The first-order valence-electron chi connectivity index (χ1n) is 12.0. The van der Waals surface area contributed by atoms with E-state index in [4.69, 9.17) is 9.98 Å². The van der Waals surface area contributed by atoms with Gasteiger partial charge in [0.25, 0.3) is 0 Å². The molecule has 0 saturated heterocycles. The second kappa shape index (κ2) is 8.57. The molecule has 2 aliphatic heterocycles. The van der Waals surface area contributed by atoms with Gasteiger partial charge in [0.1, 0.15) is 0 Å². The molecular weight excluding hydrogens is 444 g/mol. The lowest BCUT2D eigenvalue weighted by atomic mass is 10.1.